The number of anilines is 1. The predicted molar refractivity (Wildman–Crippen MR) is 139 cm³/mol. The number of nitrogens with zero attached hydrogens (tertiary/aromatic N) is 6. The van der Waals surface area contributed by atoms with Gasteiger partial charge in [0.1, 0.15) is 5.82 Å². The molecule has 7 nitrogen and oxygen atoms in total. The maximum atomic E-state index is 4.91. The molecule has 0 bridgehead atoms. The number of pyridine rings is 1. The summed E-state index contributed by atoms with van der Waals surface area (Å²) in [5.41, 5.74) is 3.59. The van der Waals surface area contributed by atoms with E-state index in [1.165, 1.54) is 30.4 Å². The number of halogens is 1. The Hall–Kier alpha value is -1.84. The third-order valence-electron chi connectivity index (χ3n) is 5.49. The van der Waals surface area contributed by atoms with Crippen molar-refractivity contribution in [1.29, 1.82) is 0 Å². The van der Waals surface area contributed by atoms with E-state index in [2.05, 4.69) is 71.3 Å². The van der Waals surface area contributed by atoms with E-state index in [-0.39, 0.29) is 24.0 Å². The van der Waals surface area contributed by atoms with Crippen molar-refractivity contribution in [2.45, 2.75) is 59.0 Å². The number of hydrogen-bond donors (Lipinski definition) is 1. The third-order valence-corrected chi connectivity index (χ3v) is 5.49. The van der Waals surface area contributed by atoms with Crippen LogP contribution in [0.15, 0.2) is 29.5 Å². The molecule has 1 aliphatic heterocycles. The molecule has 2 aromatic heterocycles. The molecule has 0 unspecified atom stereocenters. The monoisotopic (exact) mass is 539 g/mol. The Morgan fingerprint density at radius 1 is 1.26 bits per heavy atom. The fraction of sp³-hybridized carbons (Fsp3) is 0.609. The van der Waals surface area contributed by atoms with Gasteiger partial charge in [0.2, 0.25) is 0 Å². The number of rotatable bonds is 7. The molecule has 1 fully saturated rings. The van der Waals surface area contributed by atoms with E-state index >= 15 is 0 Å². The number of aryl methyl sites for hydroxylation is 1. The molecular weight excluding hydrogens is 501 g/mol. The van der Waals surface area contributed by atoms with Gasteiger partial charge in [-0.2, -0.15) is 5.10 Å². The van der Waals surface area contributed by atoms with Crippen molar-refractivity contribution in [1.82, 2.24) is 25.0 Å². The summed E-state index contributed by atoms with van der Waals surface area (Å²) in [6.45, 7) is 10.9. The van der Waals surface area contributed by atoms with Crippen LogP contribution in [0.5, 0.6) is 0 Å². The minimum atomic E-state index is 0. The first-order valence-electron chi connectivity index (χ1n) is 11.2. The van der Waals surface area contributed by atoms with Gasteiger partial charge in [0.25, 0.3) is 0 Å². The molecule has 0 aliphatic carbocycles. The van der Waals surface area contributed by atoms with E-state index in [9.17, 15) is 0 Å². The van der Waals surface area contributed by atoms with Crippen LogP contribution in [0.4, 0.5) is 5.82 Å². The molecule has 3 heterocycles. The molecule has 0 radical (unpaired) electrons. The van der Waals surface area contributed by atoms with Gasteiger partial charge < -0.3 is 15.1 Å². The van der Waals surface area contributed by atoms with Gasteiger partial charge in [-0.1, -0.05) is 13.8 Å². The molecule has 31 heavy (non-hydrogen) atoms. The lowest BCUT2D eigenvalue weighted by atomic mass is 10.1. The van der Waals surface area contributed by atoms with Crippen LogP contribution in [-0.2, 0) is 20.1 Å². The molecular formula is C23H38IN7. The Labute approximate surface area is 204 Å². The molecule has 0 aromatic carbocycles. The molecule has 3 rings (SSSR count). The van der Waals surface area contributed by atoms with Gasteiger partial charge in [-0.25, -0.2) is 9.98 Å². The van der Waals surface area contributed by atoms with Crippen molar-refractivity contribution in [2.75, 3.05) is 31.6 Å². The zero-order chi connectivity index (χ0) is 21.5. The van der Waals surface area contributed by atoms with Crippen LogP contribution in [0.3, 0.4) is 0 Å². The molecule has 172 valence electrons. The first kappa shape index (κ1) is 25.4. The van der Waals surface area contributed by atoms with Crippen molar-refractivity contribution in [3.05, 3.63) is 41.3 Å². The summed E-state index contributed by atoms with van der Waals surface area (Å²) in [6, 6.07) is 4.26. The summed E-state index contributed by atoms with van der Waals surface area (Å²) < 4.78 is 1.90. The van der Waals surface area contributed by atoms with Crippen molar-refractivity contribution in [3.8, 4) is 0 Å². The smallest absolute Gasteiger partial charge is 0.194 e. The van der Waals surface area contributed by atoms with Crippen molar-refractivity contribution >= 4 is 35.8 Å². The molecule has 1 aliphatic rings. The summed E-state index contributed by atoms with van der Waals surface area (Å²) >= 11 is 0. The zero-order valence-corrected chi connectivity index (χ0v) is 22.0. The normalized spacial score (nSPS) is 14.5. The molecule has 1 N–H and O–H groups in total. The van der Waals surface area contributed by atoms with Gasteiger partial charge in [0.05, 0.1) is 12.2 Å². The first-order valence-corrected chi connectivity index (χ1v) is 11.2. The summed E-state index contributed by atoms with van der Waals surface area (Å²) in [6.07, 6.45) is 7.87. The van der Waals surface area contributed by atoms with Crippen molar-refractivity contribution < 1.29 is 0 Å². The predicted octanol–water partition coefficient (Wildman–Crippen LogP) is 4.14. The molecule has 0 amide bonds. The second-order valence-corrected chi connectivity index (χ2v) is 8.46. The van der Waals surface area contributed by atoms with Crippen LogP contribution >= 0.6 is 24.0 Å². The summed E-state index contributed by atoms with van der Waals surface area (Å²) in [5, 5.41) is 8.06. The fourth-order valence-corrected chi connectivity index (χ4v) is 3.98. The van der Waals surface area contributed by atoms with E-state index in [4.69, 9.17) is 4.99 Å². The Balaban J connectivity index is 0.00000341. The van der Waals surface area contributed by atoms with E-state index < -0.39 is 0 Å². The second-order valence-electron chi connectivity index (χ2n) is 8.46. The average Bonchev–Trinajstić information content (AvgIpc) is 3.12. The SMILES string of the molecule is CCNC(=NCc1ccnc(N2CCCCC2)c1)N(C)Cc1cn(C)nc1C(C)C.I. The van der Waals surface area contributed by atoms with Gasteiger partial charge in [-0.3, -0.25) is 4.68 Å². The molecule has 0 atom stereocenters. The topological polar surface area (TPSA) is 61.6 Å². The Bertz CT molecular complexity index is 840. The molecule has 1 saturated heterocycles. The minimum Gasteiger partial charge on any atom is -0.357 e. The summed E-state index contributed by atoms with van der Waals surface area (Å²) in [4.78, 5) is 14.1. The maximum Gasteiger partial charge on any atom is 0.194 e. The number of aliphatic imine (C=N–C) groups is 1. The highest BCUT2D eigenvalue weighted by atomic mass is 127. The highest BCUT2D eigenvalue weighted by molar-refractivity contribution is 14.0. The highest BCUT2D eigenvalue weighted by Gasteiger charge is 2.16. The molecule has 2 aromatic rings. The van der Waals surface area contributed by atoms with E-state index in [0.717, 1.165) is 43.7 Å². The largest absolute Gasteiger partial charge is 0.357 e. The van der Waals surface area contributed by atoms with Gasteiger partial charge in [-0.05, 0) is 49.8 Å². The Morgan fingerprint density at radius 3 is 2.68 bits per heavy atom. The van der Waals surface area contributed by atoms with Gasteiger partial charge in [-0.15, -0.1) is 24.0 Å². The molecule has 0 saturated carbocycles. The van der Waals surface area contributed by atoms with Crippen molar-refractivity contribution in [2.24, 2.45) is 12.0 Å². The van der Waals surface area contributed by atoms with E-state index in [0.29, 0.717) is 12.5 Å². The lowest BCUT2D eigenvalue weighted by Gasteiger charge is -2.27. The van der Waals surface area contributed by atoms with Gasteiger partial charge in [0.15, 0.2) is 5.96 Å². The standard InChI is InChI=1S/C23H37N7.HI/c1-6-24-23(28(4)16-20-17-29(5)27-22(20)18(2)3)26-15-19-10-11-25-21(14-19)30-12-8-7-9-13-30;/h10-11,14,17-18H,6-9,12-13,15-16H2,1-5H3,(H,24,26);1H. The van der Waals surface area contributed by atoms with Crippen LogP contribution in [0.25, 0.3) is 0 Å². The Kier molecular flexibility index (Phi) is 10.1. The fourth-order valence-electron chi connectivity index (χ4n) is 3.98. The summed E-state index contributed by atoms with van der Waals surface area (Å²) in [5.74, 6) is 2.39. The van der Waals surface area contributed by atoms with Gasteiger partial charge >= 0.3 is 0 Å². The Morgan fingerprint density at radius 2 is 2.00 bits per heavy atom. The minimum absolute atomic E-state index is 0. The number of piperidine rings is 1. The van der Waals surface area contributed by atoms with E-state index in [1.807, 2.05) is 17.9 Å². The van der Waals surface area contributed by atoms with Crippen molar-refractivity contribution in [3.63, 3.8) is 0 Å². The van der Waals surface area contributed by atoms with Crippen LogP contribution in [0.1, 0.15) is 62.8 Å². The maximum absolute atomic E-state index is 4.91. The second kappa shape index (κ2) is 12.3. The zero-order valence-electron chi connectivity index (χ0n) is 19.6. The number of nitrogens with one attached hydrogen (secondary N) is 1. The van der Waals surface area contributed by atoms with Crippen LogP contribution in [-0.4, -0.2) is 52.3 Å². The van der Waals surface area contributed by atoms with Crippen LogP contribution in [0, 0.1) is 0 Å². The van der Waals surface area contributed by atoms with Crippen LogP contribution < -0.4 is 10.2 Å². The van der Waals surface area contributed by atoms with E-state index in [1.54, 1.807) is 0 Å². The average molecular weight is 540 g/mol. The lowest BCUT2D eigenvalue weighted by Crippen LogP contribution is -2.38. The number of aromatic nitrogens is 3. The summed E-state index contributed by atoms with van der Waals surface area (Å²) in [7, 11) is 4.07. The quantitative estimate of drug-likeness (QED) is 0.326. The van der Waals surface area contributed by atoms with Gasteiger partial charge in [0, 0.05) is 58.2 Å². The lowest BCUT2D eigenvalue weighted by molar-refractivity contribution is 0.473. The molecule has 8 heteroatoms. The van der Waals surface area contributed by atoms with Crippen LogP contribution in [0.2, 0.25) is 0 Å². The first-order chi connectivity index (χ1) is 14.5. The highest BCUT2D eigenvalue weighted by Crippen LogP contribution is 2.20. The number of hydrogen-bond acceptors (Lipinski definition) is 4. The molecule has 0 spiro atoms. The number of guanidine groups is 1. The third kappa shape index (κ3) is 7.08.